The standard InChI is InChI=1S/C24H34NO2P/c1-17-13-19(23(2,3)4)14-21(22(17)27-16-26-8)28-20-12-10-9-11-18(20)15-25-24(5,6)7/h9-15,28H,16H2,1-8H3. The predicted octanol–water partition coefficient (Wildman–Crippen LogP) is 5.12. The van der Waals surface area contributed by atoms with Crippen molar-refractivity contribution >= 4 is 25.4 Å². The first kappa shape index (κ1) is 22.6. The van der Waals surface area contributed by atoms with Gasteiger partial charge >= 0.3 is 0 Å². The van der Waals surface area contributed by atoms with Gasteiger partial charge in [0, 0.05) is 24.2 Å². The average molecular weight is 400 g/mol. The van der Waals surface area contributed by atoms with Gasteiger partial charge in [-0.3, -0.25) is 4.99 Å². The van der Waals surface area contributed by atoms with Gasteiger partial charge < -0.3 is 9.47 Å². The Balaban J connectivity index is 2.50. The van der Waals surface area contributed by atoms with Crippen LogP contribution >= 0.6 is 8.58 Å². The molecule has 0 fully saturated rings. The Morgan fingerprint density at radius 1 is 1.00 bits per heavy atom. The lowest BCUT2D eigenvalue weighted by atomic mass is 9.86. The molecule has 0 aromatic heterocycles. The normalized spacial score (nSPS) is 13.0. The summed E-state index contributed by atoms with van der Waals surface area (Å²) in [6.07, 6.45) is 2.00. The minimum atomic E-state index is -0.0916. The molecule has 0 amide bonds. The summed E-state index contributed by atoms with van der Waals surface area (Å²) in [7, 11) is 2.13. The number of ether oxygens (including phenoxy) is 2. The highest BCUT2D eigenvalue weighted by Gasteiger charge is 2.19. The van der Waals surface area contributed by atoms with E-state index in [1.807, 2.05) is 6.21 Å². The van der Waals surface area contributed by atoms with Crippen LogP contribution in [0, 0.1) is 6.92 Å². The Morgan fingerprint density at radius 3 is 2.29 bits per heavy atom. The van der Waals surface area contributed by atoms with E-state index in [0.717, 1.165) is 16.9 Å². The van der Waals surface area contributed by atoms with E-state index in [2.05, 4.69) is 84.9 Å². The zero-order chi connectivity index (χ0) is 20.9. The van der Waals surface area contributed by atoms with E-state index in [-0.39, 0.29) is 17.7 Å². The maximum Gasteiger partial charge on any atom is 0.188 e. The molecular weight excluding hydrogens is 365 g/mol. The summed E-state index contributed by atoms with van der Waals surface area (Å²) < 4.78 is 11.1. The van der Waals surface area contributed by atoms with Crippen molar-refractivity contribution in [3.05, 3.63) is 53.1 Å². The van der Waals surface area contributed by atoms with Crippen LogP contribution in [0.5, 0.6) is 5.75 Å². The number of methoxy groups -OCH3 is 1. The molecule has 2 aromatic rings. The van der Waals surface area contributed by atoms with Gasteiger partial charge in [-0.05, 0) is 55.6 Å². The van der Waals surface area contributed by atoms with Crippen LogP contribution in [-0.4, -0.2) is 25.7 Å². The average Bonchev–Trinajstić information content (AvgIpc) is 2.58. The molecule has 4 heteroatoms. The Hall–Kier alpha value is -1.70. The molecule has 0 radical (unpaired) electrons. The van der Waals surface area contributed by atoms with E-state index in [0.29, 0.717) is 8.58 Å². The fraction of sp³-hybridized carbons (Fsp3) is 0.458. The summed E-state index contributed by atoms with van der Waals surface area (Å²) in [6, 6.07) is 13.0. The number of rotatable bonds is 6. The third kappa shape index (κ3) is 6.43. The van der Waals surface area contributed by atoms with Gasteiger partial charge in [0.1, 0.15) is 5.75 Å². The second kappa shape index (κ2) is 9.20. The number of nitrogens with zero attached hydrogens (tertiary/aromatic N) is 1. The summed E-state index contributed by atoms with van der Waals surface area (Å²) in [5.74, 6) is 0.927. The van der Waals surface area contributed by atoms with Crippen LogP contribution in [-0.2, 0) is 10.2 Å². The zero-order valence-corrected chi connectivity index (χ0v) is 19.5. The first-order valence-electron chi connectivity index (χ1n) is 9.69. The molecule has 0 aliphatic carbocycles. The van der Waals surface area contributed by atoms with Gasteiger partial charge in [-0.2, -0.15) is 0 Å². The van der Waals surface area contributed by atoms with Crippen LogP contribution < -0.4 is 15.3 Å². The van der Waals surface area contributed by atoms with Gasteiger partial charge in [0.15, 0.2) is 6.79 Å². The Labute approximate surface area is 172 Å². The largest absolute Gasteiger partial charge is 0.467 e. The second-order valence-electron chi connectivity index (χ2n) is 9.11. The number of hydrogen-bond donors (Lipinski definition) is 0. The summed E-state index contributed by atoms with van der Waals surface area (Å²) in [4.78, 5) is 4.70. The fourth-order valence-electron chi connectivity index (χ4n) is 2.74. The van der Waals surface area contributed by atoms with E-state index >= 15 is 0 Å². The Bertz CT molecular complexity index is 829. The van der Waals surface area contributed by atoms with Crippen LogP contribution in [0.15, 0.2) is 41.4 Å². The third-order valence-electron chi connectivity index (χ3n) is 4.28. The van der Waals surface area contributed by atoms with E-state index in [1.54, 1.807) is 7.11 Å². The molecule has 0 saturated heterocycles. The van der Waals surface area contributed by atoms with E-state index in [9.17, 15) is 0 Å². The molecule has 0 saturated carbocycles. The van der Waals surface area contributed by atoms with E-state index in [1.165, 1.54) is 16.2 Å². The maximum atomic E-state index is 5.96. The fourth-order valence-corrected chi connectivity index (χ4v) is 4.11. The SMILES string of the molecule is COCOc1c(C)cc(C(C)(C)C)cc1Pc1ccccc1C=NC(C)(C)C. The molecule has 0 heterocycles. The topological polar surface area (TPSA) is 30.8 Å². The molecule has 0 aliphatic rings. The highest BCUT2D eigenvalue weighted by Crippen LogP contribution is 2.31. The number of aryl methyl sites for hydroxylation is 1. The summed E-state index contributed by atoms with van der Waals surface area (Å²) >= 11 is 0. The molecule has 0 spiro atoms. The molecule has 1 atom stereocenters. The van der Waals surface area contributed by atoms with Gasteiger partial charge in [-0.25, -0.2) is 0 Å². The summed E-state index contributed by atoms with van der Waals surface area (Å²) in [6.45, 7) is 15.4. The first-order chi connectivity index (χ1) is 13.0. The van der Waals surface area contributed by atoms with Crippen molar-refractivity contribution in [2.75, 3.05) is 13.9 Å². The maximum absolute atomic E-state index is 5.96. The number of benzene rings is 2. The van der Waals surface area contributed by atoms with Crippen LogP contribution in [0.2, 0.25) is 0 Å². The third-order valence-corrected chi connectivity index (χ3v) is 5.65. The van der Waals surface area contributed by atoms with Gasteiger partial charge in [-0.1, -0.05) is 59.7 Å². The molecule has 1 unspecified atom stereocenters. The molecule has 3 nitrogen and oxygen atoms in total. The molecule has 152 valence electrons. The predicted molar refractivity (Wildman–Crippen MR) is 124 cm³/mol. The monoisotopic (exact) mass is 399 g/mol. The number of aliphatic imine (C=N–C) groups is 1. The van der Waals surface area contributed by atoms with Gasteiger partial charge in [0.2, 0.25) is 0 Å². The highest BCUT2D eigenvalue weighted by atomic mass is 31.1. The first-order valence-corrected chi connectivity index (χ1v) is 10.7. The lowest BCUT2D eigenvalue weighted by molar-refractivity contribution is 0.0514. The zero-order valence-electron chi connectivity index (χ0n) is 18.5. The quantitative estimate of drug-likeness (QED) is 0.383. The van der Waals surface area contributed by atoms with E-state index < -0.39 is 0 Å². The summed E-state index contributed by atoms with van der Waals surface area (Å²) in [5.41, 5.74) is 3.61. The highest BCUT2D eigenvalue weighted by molar-refractivity contribution is 7.56. The smallest absolute Gasteiger partial charge is 0.188 e. The van der Waals surface area contributed by atoms with Crippen LogP contribution in [0.4, 0.5) is 0 Å². The molecule has 2 rings (SSSR count). The van der Waals surface area contributed by atoms with Crippen molar-refractivity contribution < 1.29 is 9.47 Å². The van der Waals surface area contributed by atoms with Crippen molar-refractivity contribution in [3.8, 4) is 5.75 Å². The van der Waals surface area contributed by atoms with Crippen molar-refractivity contribution in [1.29, 1.82) is 0 Å². The molecule has 0 N–H and O–H groups in total. The lowest BCUT2D eigenvalue weighted by Gasteiger charge is -2.23. The minimum Gasteiger partial charge on any atom is -0.467 e. The molecule has 0 aliphatic heterocycles. The van der Waals surface area contributed by atoms with Gasteiger partial charge in [-0.15, -0.1) is 0 Å². The molecule has 0 bridgehead atoms. The molecular formula is C24H34NO2P. The van der Waals surface area contributed by atoms with Gasteiger partial charge in [0.05, 0.1) is 5.54 Å². The Kier molecular flexibility index (Phi) is 7.42. The molecule has 2 aromatic carbocycles. The van der Waals surface area contributed by atoms with Crippen molar-refractivity contribution in [3.63, 3.8) is 0 Å². The van der Waals surface area contributed by atoms with Crippen LogP contribution in [0.1, 0.15) is 58.2 Å². The van der Waals surface area contributed by atoms with Crippen molar-refractivity contribution in [1.82, 2.24) is 0 Å². The van der Waals surface area contributed by atoms with E-state index in [4.69, 9.17) is 14.5 Å². The van der Waals surface area contributed by atoms with Crippen molar-refractivity contribution in [2.45, 2.75) is 59.4 Å². The lowest BCUT2D eigenvalue weighted by Crippen LogP contribution is -2.19. The minimum absolute atomic E-state index is 0.0803. The van der Waals surface area contributed by atoms with Crippen LogP contribution in [0.25, 0.3) is 0 Å². The second-order valence-corrected chi connectivity index (χ2v) is 10.4. The molecule has 28 heavy (non-hydrogen) atoms. The summed E-state index contributed by atoms with van der Waals surface area (Å²) in [5, 5.41) is 2.47. The van der Waals surface area contributed by atoms with Crippen molar-refractivity contribution in [2.24, 2.45) is 4.99 Å². The number of hydrogen-bond acceptors (Lipinski definition) is 3. The van der Waals surface area contributed by atoms with Gasteiger partial charge in [0.25, 0.3) is 0 Å². The van der Waals surface area contributed by atoms with Crippen LogP contribution in [0.3, 0.4) is 0 Å². The Morgan fingerprint density at radius 2 is 1.68 bits per heavy atom.